The van der Waals surface area contributed by atoms with Gasteiger partial charge in [-0.25, -0.2) is 13.2 Å². The molecule has 1 aliphatic heterocycles. The van der Waals surface area contributed by atoms with Gasteiger partial charge in [-0.1, -0.05) is 11.6 Å². The van der Waals surface area contributed by atoms with E-state index in [0.29, 0.717) is 24.2 Å². The van der Waals surface area contributed by atoms with Crippen molar-refractivity contribution < 1.29 is 13.2 Å². The van der Waals surface area contributed by atoms with Gasteiger partial charge in [-0.2, -0.15) is 5.21 Å². The monoisotopic (exact) mass is 365 g/mol. The van der Waals surface area contributed by atoms with Crippen molar-refractivity contribution in [2.45, 2.75) is 13.0 Å². The van der Waals surface area contributed by atoms with E-state index in [9.17, 15) is 13.2 Å². The quantitative estimate of drug-likeness (QED) is 0.771. The van der Waals surface area contributed by atoms with E-state index in [-0.39, 0.29) is 23.0 Å². The molecule has 3 aromatic rings. The van der Waals surface area contributed by atoms with Gasteiger partial charge >= 0.3 is 0 Å². The van der Waals surface area contributed by atoms with E-state index in [1.165, 1.54) is 12.1 Å². The average Bonchev–Trinajstić information content (AvgIpc) is 3.19. The van der Waals surface area contributed by atoms with Crippen molar-refractivity contribution in [3.63, 3.8) is 0 Å². The summed E-state index contributed by atoms with van der Waals surface area (Å²) in [4.78, 5) is 1.83. The molecule has 0 aliphatic carbocycles. The van der Waals surface area contributed by atoms with Crippen LogP contribution in [0, 0.1) is 17.5 Å². The van der Waals surface area contributed by atoms with Crippen molar-refractivity contribution in [2.75, 3.05) is 11.4 Å². The van der Waals surface area contributed by atoms with Gasteiger partial charge in [-0.15, -0.1) is 10.2 Å². The lowest BCUT2D eigenvalue weighted by atomic mass is 10.1. The first-order valence-electron chi connectivity index (χ1n) is 7.47. The molecule has 4 rings (SSSR count). The van der Waals surface area contributed by atoms with E-state index in [0.717, 1.165) is 11.6 Å². The molecule has 0 atom stereocenters. The van der Waals surface area contributed by atoms with Crippen molar-refractivity contribution in [3.05, 3.63) is 57.9 Å². The summed E-state index contributed by atoms with van der Waals surface area (Å²) in [6.45, 7) is 0.770. The number of tetrazole rings is 1. The van der Waals surface area contributed by atoms with Crippen molar-refractivity contribution in [1.82, 2.24) is 20.6 Å². The summed E-state index contributed by atoms with van der Waals surface area (Å²) in [5.41, 5.74) is 1.96. The number of rotatable bonds is 3. The second-order valence-electron chi connectivity index (χ2n) is 5.74. The smallest absolute Gasteiger partial charge is 0.209 e. The number of hydrogen-bond acceptors (Lipinski definition) is 4. The summed E-state index contributed by atoms with van der Waals surface area (Å²) < 4.78 is 41.6. The molecule has 1 aromatic heterocycles. The minimum absolute atomic E-state index is 0.0304. The van der Waals surface area contributed by atoms with Gasteiger partial charge in [0.15, 0.2) is 5.82 Å². The van der Waals surface area contributed by atoms with Gasteiger partial charge in [0.2, 0.25) is 5.82 Å². The molecule has 0 amide bonds. The van der Waals surface area contributed by atoms with Crippen LogP contribution in [0.4, 0.5) is 18.9 Å². The zero-order valence-electron chi connectivity index (χ0n) is 12.7. The van der Waals surface area contributed by atoms with Crippen LogP contribution in [0.1, 0.15) is 11.1 Å². The number of benzene rings is 2. The topological polar surface area (TPSA) is 57.7 Å². The fourth-order valence-corrected chi connectivity index (χ4v) is 3.37. The molecule has 25 heavy (non-hydrogen) atoms. The number of aromatic nitrogens is 4. The van der Waals surface area contributed by atoms with Gasteiger partial charge in [0, 0.05) is 19.2 Å². The largest absolute Gasteiger partial charge is 0.366 e. The van der Waals surface area contributed by atoms with Crippen LogP contribution in [0.15, 0.2) is 24.3 Å². The van der Waals surface area contributed by atoms with Gasteiger partial charge in [0.05, 0.1) is 16.3 Å². The molecule has 0 radical (unpaired) electrons. The first-order chi connectivity index (χ1) is 12.0. The van der Waals surface area contributed by atoms with Gasteiger partial charge in [-0.05, 0) is 41.0 Å². The summed E-state index contributed by atoms with van der Waals surface area (Å²) in [6.07, 6.45) is 0.623. The molecule has 128 valence electrons. The van der Waals surface area contributed by atoms with E-state index in [4.69, 9.17) is 11.6 Å². The lowest BCUT2D eigenvalue weighted by Crippen LogP contribution is -2.21. The van der Waals surface area contributed by atoms with Crippen LogP contribution in [0.2, 0.25) is 5.02 Å². The summed E-state index contributed by atoms with van der Waals surface area (Å²) in [5.74, 6) is -1.89. The first kappa shape index (κ1) is 15.9. The average molecular weight is 366 g/mol. The third-order valence-electron chi connectivity index (χ3n) is 4.10. The standard InChI is InChI=1S/C16H11ClF3N5/c17-12-5-9-1-2-25(7-8-3-10(18)6-11(19)4-8)15(9)13(14(12)20)16-21-23-24-22-16/h3-6H,1-2,7H2,(H,21,22,23,24). The highest BCUT2D eigenvalue weighted by molar-refractivity contribution is 6.31. The van der Waals surface area contributed by atoms with Crippen LogP contribution < -0.4 is 4.90 Å². The maximum atomic E-state index is 14.7. The Morgan fingerprint density at radius 1 is 1.12 bits per heavy atom. The zero-order chi connectivity index (χ0) is 17.6. The Bertz CT molecular complexity index is 925. The number of nitrogens with zero attached hydrogens (tertiary/aromatic N) is 4. The van der Waals surface area contributed by atoms with Crippen LogP contribution >= 0.6 is 11.6 Å². The Kier molecular flexibility index (Phi) is 3.84. The number of hydrogen-bond donors (Lipinski definition) is 1. The molecular formula is C16H11ClF3N5. The molecule has 0 saturated carbocycles. The molecule has 1 aliphatic rings. The third-order valence-corrected chi connectivity index (χ3v) is 4.38. The minimum atomic E-state index is -0.657. The van der Waals surface area contributed by atoms with E-state index < -0.39 is 17.5 Å². The van der Waals surface area contributed by atoms with Gasteiger partial charge < -0.3 is 4.90 Å². The molecule has 1 N–H and O–H groups in total. The van der Waals surface area contributed by atoms with Crippen molar-refractivity contribution in [1.29, 1.82) is 0 Å². The molecule has 9 heteroatoms. The SMILES string of the molecule is Fc1cc(F)cc(CN2CCc3cc(Cl)c(F)c(-c4nn[nH]n4)c32)c1. The van der Waals surface area contributed by atoms with Crippen molar-refractivity contribution in [2.24, 2.45) is 0 Å². The molecule has 5 nitrogen and oxygen atoms in total. The number of H-pyrrole nitrogens is 1. The second kappa shape index (κ2) is 6.03. The molecule has 2 aromatic carbocycles. The van der Waals surface area contributed by atoms with Crippen LogP contribution in [0.3, 0.4) is 0 Å². The van der Waals surface area contributed by atoms with Crippen molar-refractivity contribution >= 4 is 17.3 Å². The second-order valence-corrected chi connectivity index (χ2v) is 6.15. The van der Waals surface area contributed by atoms with Crippen LogP contribution in [-0.2, 0) is 13.0 Å². The molecule has 2 heterocycles. The summed E-state index contributed by atoms with van der Waals surface area (Å²) in [6, 6.07) is 4.87. The molecule has 0 bridgehead atoms. The molecular weight excluding hydrogens is 355 g/mol. The van der Waals surface area contributed by atoms with Gasteiger partial charge in [0.1, 0.15) is 11.6 Å². The van der Waals surface area contributed by atoms with Crippen molar-refractivity contribution in [3.8, 4) is 11.4 Å². The van der Waals surface area contributed by atoms with Gasteiger partial charge in [0.25, 0.3) is 0 Å². The Morgan fingerprint density at radius 3 is 2.56 bits per heavy atom. The highest BCUT2D eigenvalue weighted by Gasteiger charge is 2.29. The van der Waals surface area contributed by atoms with E-state index in [1.54, 1.807) is 6.07 Å². The number of fused-ring (bicyclic) bond motifs is 1. The maximum absolute atomic E-state index is 14.7. The lowest BCUT2D eigenvalue weighted by Gasteiger charge is -2.22. The number of aromatic amines is 1. The molecule has 0 saturated heterocycles. The highest BCUT2D eigenvalue weighted by Crippen LogP contribution is 2.42. The summed E-state index contributed by atoms with van der Waals surface area (Å²) >= 11 is 5.99. The molecule has 0 fully saturated rings. The van der Waals surface area contributed by atoms with Gasteiger partial charge in [-0.3, -0.25) is 0 Å². The highest BCUT2D eigenvalue weighted by atomic mass is 35.5. The zero-order valence-corrected chi connectivity index (χ0v) is 13.5. The fraction of sp³-hybridized carbons (Fsp3) is 0.188. The molecule has 0 spiro atoms. The van der Waals surface area contributed by atoms with E-state index in [2.05, 4.69) is 20.6 Å². The Hall–Kier alpha value is -2.61. The number of halogens is 4. The Labute approximate surface area is 145 Å². The predicted octanol–water partition coefficient (Wildman–Crippen LogP) is 3.50. The summed E-state index contributed by atoms with van der Waals surface area (Å²) in [7, 11) is 0. The summed E-state index contributed by atoms with van der Waals surface area (Å²) in [5, 5.41) is 13.4. The number of anilines is 1. The predicted molar refractivity (Wildman–Crippen MR) is 85.7 cm³/mol. The lowest BCUT2D eigenvalue weighted by molar-refractivity contribution is 0.579. The minimum Gasteiger partial charge on any atom is -0.366 e. The Balaban J connectivity index is 1.80. The van der Waals surface area contributed by atoms with E-state index >= 15 is 0 Å². The van der Waals surface area contributed by atoms with Crippen LogP contribution in [-0.4, -0.2) is 27.2 Å². The normalized spacial score (nSPS) is 13.4. The number of nitrogens with one attached hydrogen (secondary N) is 1. The van der Waals surface area contributed by atoms with Crippen LogP contribution in [0.25, 0.3) is 11.4 Å². The first-order valence-corrected chi connectivity index (χ1v) is 7.85. The van der Waals surface area contributed by atoms with Crippen LogP contribution in [0.5, 0.6) is 0 Å². The van der Waals surface area contributed by atoms with E-state index in [1.807, 2.05) is 4.90 Å². The molecule has 0 unspecified atom stereocenters. The Morgan fingerprint density at radius 2 is 1.88 bits per heavy atom. The third kappa shape index (κ3) is 2.82. The fourth-order valence-electron chi connectivity index (χ4n) is 3.14. The maximum Gasteiger partial charge on any atom is 0.209 e.